The molecule has 0 aliphatic rings. The van der Waals surface area contributed by atoms with Gasteiger partial charge in [0, 0.05) is 29.2 Å². The number of halogens is 1. The van der Waals surface area contributed by atoms with Gasteiger partial charge in [0.15, 0.2) is 0 Å². The first-order chi connectivity index (χ1) is 10.2. The first-order valence-corrected chi connectivity index (χ1v) is 6.81. The molecule has 0 bridgehead atoms. The normalized spacial score (nSPS) is 11.0. The highest BCUT2D eigenvalue weighted by Crippen LogP contribution is 2.24. The summed E-state index contributed by atoms with van der Waals surface area (Å²) in [4.78, 5) is 0. The Bertz CT molecular complexity index is 780. The fourth-order valence-corrected chi connectivity index (χ4v) is 2.57. The lowest BCUT2D eigenvalue weighted by Gasteiger charge is -2.12. The monoisotopic (exact) mass is 284 g/mol. The number of methoxy groups -OCH3 is 1. The van der Waals surface area contributed by atoms with E-state index in [4.69, 9.17) is 10.5 Å². The topological polar surface area (TPSA) is 40.2 Å². The Labute approximate surface area is 122 Å². The van der Waals surface area contributed by atoms with Crippen molar-refractivity contribution in [3.05, 3.63) is 65.6 Å². The summed E-state index contributed by atoms with van der Waals surface area (Å²) in [6, 6.07) is 12.7. The van der Waals surface area contributed by atoms with Crippen LogP contribution in [0.5, 0.6) is 5.75 Å². The van der Waals surface area contributed by atoms with E-state index < -0.39 is 0 Å². The number of rotatable bonds is 4. The molecule has 0 amide bonds. The van der Waals surface area contributed by atoms with Crippen molar-refractivity contribution in [1.29, 1.82) is 0 Å². The number of aromatic nitrogens is 1. The quantitative estimate of drug-likeness (QED) is 0.798. The lowest BCUT2D eigenvalue weighted by molar-refractivity contribution is 0.408. The first kappa shape index (κ1) is 13.6. The van der Waals surface area contributed by atoms with Gasteiger partial charge in [0.25, 0.3) is 0 Å². The highest BCUT2D eigenvalue weighted by atomic mass is 19.1. The molecular formula is C17H17FN2O. The summed E-state index contributed by atoms with van der Waals surface area (Å²) in [5.41, 5.74) is 8.82. The minimum absolute atomic E-state index is 0.219. The Balaban J connectivity index is 2.01. The van der Waals surface area contributed by atoms with E-state index in [0.29, 0.717) is 13.1 Å². The number of fused-ring (bicyclic) bond motifs is 1. The van der Waals surface area contributed by atoms with Crippen molar-refractivity contribution >= 4 is 10.9 Å². The number of hydrogen-bond acceptors (Lipinski definition) is 2. The Kier molecular flexibility index (Phi) is 3.62. The Hall–Kier alpha value is -2.33. The van der Waals surface area contributed by atoms with Crippen LogP contribution in [0.1, 0.15) is 11.1 Å². The lowest BCUT2D eigenvalue weighted by atomic mass is 10.1. The zero-order chi connectivity index (χ0) is 14.8. The van der Waals surface area contributed by atoms with Crippen LogP contribution >= 0.6 is 0 Å². The van der Waals surface area contributed by atoms with E-state index in [-0.39, 0.29) is 5.82 Å². The van der Waals surface area contributed by atoms with E-state index >= 15 is 0 Å². The maximum Gasteiger partial charge on any atom is 0.123 e. The molecule has 21 heavy (non-hydrogen) atoms. The summed E-state index contributed by atoms with van der Waals surface area (Å²) >= 11 is 0. The molecule has 0 aliphatic carbocycles. The highest BCUT2D eigenvalue weighted by Gasteiger charge is 2.08. The fourth-order valence-electron chi connectivity index (χ4n) is 2.57. The Morgan fingerprint density at radius 1 is 1.14 bits per heavy atom. The van der Waals surface area contributed by atoms with Crippen LogP contribution in [0.4, 0.5) is 4.39 Å². The summed E-state index contributed by atoms with van der Waals surface area (Å²) in [5, 5.41) is 0.893. The minimum Gasteiger partial charge on any atom is -0.496 e. The van der Waals surface area contributed by atoms with Crippen molar-refractivity contribution in [2.75, 3.05) is 7.11 Å². The second kappa shape index (κ2) is 5.58. The summed E-state index contributed by atoms with van der Waals surface area (Å²) in [6.07, 6.45) is 1.96. The molecule has 0 unspecified atom stereocenters. The molecule has 0 atom stereocenters. The molecule has 3 nitrogen and oxygen atoms in total. The molecule has 1 heterocycles. The van der Waals surface area contributed by atoms with Crippen LogP contribution < -0.4 is 10.5 Å². The van der Waals surface area contributed by atoms with Crippen LogP contribution in [-0.4, -0.2) is 11.7 Å². The van der Waals surface area contributed by atoms with Crippen LogP contribution in [0.15, 0.2) is 48.7 Å². The van der Waals surface area contributed by atoms with Crippen molar-refractivity contribution < 1.29 is 9.13 Å². The van der Waals surface area contributed by atoms with Crippen LogP contribution in [0.2, 0.25) is 0 Å². The third-order valence-electron chi connectivity index (χ3n) is 3.65. The van der Waals surface area contributed by atoms with Crippen molar-refractivity contribution in [2.24, 2.45) is 5.73 Å². The van der Waals surface area contributed by atoms with Gasteiger partial charge in [0.2, 0.25) is 0 Å². The van der Waals surface area contributed by atoms with Gasteiger partial charge in [-0.3, -0.25) is 0 Å². The second-order valence-corrected chi connectivity index (χ2v) is 5.00. The SMILES string of the molecule is COc1ccc(CN)cc1Cn1ccc2cc(F)ccc21. The van der Waals surface area contributed by atoms with Gasteiger partial charge in [0.1, 0.15) is 11.6 Å². The number of nitrogens with two attached hydrogens (primary N) is 1. The standard InChI is InChI=1S/C17H17FN2O/c1-21-17-5-2-12(10-19)8-14(17)11-20-7-6-13-9-15(18)3-4-16(13)20/h2-9H,10-11,19H2,1H3. The molecule has 0 saturated carbocycles. The third kappa shape index (κ3) is 2.62. The average Bonchev–Trinajstić information content (AvgIpc) is 2.89. The van der Waals surface area contributed by atoms with Crippen LogP contribution in [0.25, 0.3) is 10.9 Å². The summed E-state index contributed by atoms with van der Waals surface area (Å²) < 4.78 is 20.7. The number of hydrogen-bond donors (Lipinski definition) is 1. The van der Waals surface area contributed by atoms with Gasteiger partial charge in [-0.25, -0.2) is 4.39 Å². The van der Waals surface area contributed by atoms with Gasteiger partial charge in [-0.05, 0) is 42.0 Å². The minimum atomic E-state index is -0.219. The third-order valence-corrected chi connectivity index (χ3v) is 3.65. The van der Waals surface area contributed by atoms with Gasteiger partial charge >= 0.3 is 0 Å². The average molecular weight is 284 g/mol. The first-order valence-electron chi connectivity index (χ1n) is 6.81. The molecule has 4 heteroatoms. The molecule has 2 aromatic carbocycles. The number of nitrogens with zero attached hydrogens (tertiary/aromatic N) is 1. The molecule has 3 aromatic rings. The predicted octanol–water partition coefficient (Wildman–Crippen LogP) is 3.30. The number of ether oxygens (including phenoxy) is 1. The Morgan fingerprint density at radius 3 is 2.76 bits per heavy atom. The Morgan fingerprint density at radius 2 is 2.00 bits per heavy atom. The van der Waals surface area contributed by atoms with E-state index in [1.54, 1.807) is 19.2 Å². The van der Waals surface area contributed by atoms with Crippen molar-refractivity contribution in [1.82, 2.24) is 4.57 Å². The maximum absolute atomic E-state index is 13.2. The predicted molar refractivity (Wildman–Crippen MR) is 81.9 cm³/mol. The van der Waals surface area contributed by atoms with Crippen LogP contribution in [0, 0.1) is 5.82 Å². The molecule has 0 saturated heterocycles. The highest BCUT2D eigenvalue weighted by molar-refractivity contribution is 5.80. The van der Waals surface area contributed by atoms with Crippen molar-refractivity contribution in [3.63, 3.8) is 0 Å². The summed E-state index contributed by atoms with van der Waals surface area (Å²) in [7, 11) is 1.66. The smallest absolute Gasteiger partial charge is 0.123 e. The van der Waals surface area contributed by atoms with E-state index in [2.05, 4.69) is 4.57 Å². The van der Waals surface area contributed by atoms with E-state index in [9.17, 15) is 4.39 Å². The van der Waals surface area contributed by atoms with Crippen LogP contribution in [-0.2, 0) is 13.1 Å². The van der Waals surface area contributed by atoms with Gasteiger partial charge in [-0.15, -0.1) is 0 Å². The zero-order valence-corrected chi connectivity index (χ0v) is 11.8. The second-order valence-electron chi connectivity index (χ2n) is 5.00. The molecule has 1 aromatic heterocycles. The summed E-state index contributed by atoms with van der Waals surface area (Å²) in [6.45, 7) is 1.15. The van der Waals surface area contributed by atoms with Gasteiger partial charge < -0.3 is 15.0 Å². The molecule has 3 rings (SSSR count). The zero-order valence-electron chi connectivity index (χ0n) is 11.8. The molecule has 0 fully saturated rings. The molecule has 0 aliphatic heterocycles. The van der Waals surface area contributed by atoms with E-state index in [1.807, 2.05) is 30.5 Å². The number of benzene rings is 2. The van der Waals surface area contributed by atoms with Crippen LogP contribution in [0.3, 0.4) is 0 Å². The van der Waals surface area contributed by atoms with Crippen molar-refractivity contribution in [2.45, 2.75) is 13.1 Å². The van der Waals surface area contributed by atoms with E-state index in [1.165, 1.54) is 6.07 Å². The fraction of sp³-hybridized carbons (Fsp3) is 0.176. The molecule has 2 N–H and O–H groups in total. The maximum atomic E-state index is 13.2. The largest absolute Gasteiger partial charge is 0.496 e. The summed E-state index contributed by atoms with van der Waals surface area (Å²) in [5.74, 6) is 0.610. The molecule has 0 radical (unpaired) electrons. The van der Waals surface area contributed by atoms with Gasteiger partial charge in [0.05, 0.1) is 13.7 Å². The van der Waals surface area contributed by atoms with E-state index in [0.717, 1.165) is 27.8 Å². The van der Waals surface area contributed by atoms with Crippen molar-refractivity contribution in [3.8, 4) is 5.75 Å². The lowest BCUT2D eigenvalue weighted by Crippen LogP contribution is -2.03. The molecular weight excluding hydrogens is 267 g/mol. The van der Waals surface area contributed by atoms with Gasteiger partial charge in [-0.1, -0.05) is 6.07 Å². The molecule has 108 valence electrons. The van der Waals surface area contributed by atoms with Gasteiger partial charge in [-0.2, -0.15) is 0 Å². The molecule has 0 spiro atoms.